The summed E-state index contributed by atoms with van der Waals surface area (Å²) in [5.41, 5.74) is 2.15. The average molecular weight is 412 g/mol. The lowest BCUT2D eigenvalue weighted by molar-refractivity contribution is -0.384. The molecule has 0 fully saturated rings. The highest BCUT2D eigenvalue weighted by Crippen LogP contribution is 2.33. The van der Waals surface area contributed by atoms with Crippen molar-refractivity contribution in [2.45, 2.75) is 19.3 Å². The number of nitro benzene ring substituents is 1. The van der Waals surface area contributed by atoms with Gasteiger partial charge in [-0.05, 0) is 42.5 Å². The molecule has 0 aromatic heterocycles. The highest BCUT2D eigenvalue weighted by molar-refractivity contribution is 5.98. The zero-order valence-electron chi connectivity index (χ0n) is 16.5. The number of non-ortho nitro benzene ring substituents is 1. The van der Waals surface area contributed by atoms with Crippen LogP contribution >= 0.6 is 0 Å². The van der Waals surface area contributed by atoms with E-state index in [1.165, 1.54) is 29.3 Å². The number of anilines is 1. The van der Waals surface area contributed by atoms with Gasteiger partial charge in [0.05, 0.1) is 31.3 Å². The zero-order chi connectivity index (χ0) is 21.7. The molecule has 1 aliphatic carbocycles. The largest absolute Gasteiger partial charge is 0.466 e. The van der Waals surface area contributed by atoms with Crippen LogP contribution in [0.5, 0.6) is 11.5 Å². The Hall–Kier alpha value is -3.88. The molecule has 0 saturated carbocycles. The Morgan fingerprint density at radius 1 is 1.03 bits per heavy atom. The summed E-state index contributed by atoms with van der Waals surface area (Å²) in [6.07, 6.45) is 3.98. The van der Waals surface area contributed by atoms with E-state index in [0.717, 1.165) is 39.6 Å². The van der Waals surface area contributed by atoms with Crippen LogP contribution in [-0.4, -0.2) is 31.1 Å². The second-order valence-electron chi connectivity index (χ2n) is 6.56. The van der Waals surface area contributed by atoms with Crippen molar-refractivity contribution in [1.29, 1.82) is 0 Å². The third-order valence-electron chi connectivity index (χ3n) is 4.56. The molecule has 3 rings (SSSR count). The number of benzene rings is 2. The van der Waals surface area contributed by atoms with Gasteiger partial charge in [0.15, 0.2) is 0 Å². The molecule has 2 aromatic carbocycles. The molecule has 0 spiro atoms. The molecule has 0 aliphatic heterocycles. The summed E-state index contributed by atoms with van der Waals surface area (Å²) in [6.45, 7) is 0. The quantitative estimate of drug-likeness (QED) is 0.318. The van der Waals surface area contributed by atoms with Crippen molar-refractivity contribution in [3.63, 3.8) is 0 Å². The summed E-state index contributed by atoms with van der Waals surface area (Å²) in [5, 5.41) is 14.0. The van der Waals surface area contributed by atoms with E-state index in [-0.39, 0.29) is 22.8 Å². The second-order valence-corrected chi connectivity index (χ2v) is 6.56. The van der Waals surface area contributed by atoms with Crippen molar-refractivity contribution in [2.75, 3.05) is 19.5 Å². The molecule has 0 heterocycles. The van der Waals surface area contributed by atoms with Crippen molar-refractivity contribution < 1.29 is 28.7 Å². The number of ether oxygens (including phenoxy) is 3. The van der Waals surface area contributed by atoms with E-state index >= 15 is 0 Å². The van der Waals surface area contributed by atoms with Crippen LogP contribution in [0.3, 0.4) is 0 Å². The van der Waals surface area contributed by atoms with Gasteiger partial charge in [-0.15, -0.1) is 0 Å². The fraction of sp³-hybridized carbons (Fsp3) is 0.238. The molecule has 1 aliphatic rings. The first-order valence-corrected chi connectivity index (χ1v) is 9.13. The van der Waals surface area contributed by atoms with Gasteiger partial charge in [-0.1, -0.05) is 6.07 Å². The summed E-state index contributed by atoms with van der Waals surface area (Å²) in [5.74, 6) is -0.872. The van der Waals surface area contributed by atoms with Crippen LogP contribution in [0.4, 0.5) is 11.4 Å². The smallest absolute Gasteiger partial charge is 0.354 e. The highest BCUT2D eigenvalue weighted by Gasteiger charge is 2.17. The Labute approximate surface area is 172 Å². The minimum Gasteiger partial charge on any atom is -0.466 e. The monoisotopic (exact) mass is 412 g/mol. The molecule has 0 amide bonds. The minimum atomic E-state index is -0.840. The molecule has 2 aromatic rings. The van der Waals surface area contributed by atoms with E-state index in [1.54, 1.807) is 0 Å². The van der Waals surface area contributed by atoms with E-state index in [2.05, 4.69) is 14.8 Å². The fourth-order valence-electron chi connectivity index (χ4n) is 3.16. The maximum Gasteiger partial charge on any atom is 0.354 e. The van der Waals surface area contributed by atoms with Crippen molar-refractivity contribution in [3.8, 4) is 11.5 Å². The van der Waals surface area contributed by atoms with Crippen LogP contribution in [0.1, 0.15) is 17.5 Å². The zero-order valence-corrected chi connectivity index (χ0v) is 16.5. The number of hydrogen-bond donors (Lipinski definition) is 1. The number of methoxy groups -OCH3 is 2. The molecule has 0 bridgehead atoms. The fourth-order valence-corrected chi connectivity index (χ4v) is 3.16. The normalized spacial score (nSPS) is 12.7. The number of aryl methyl sites for hydroxylation is 2. The standard InChI is InChI=1S/C21H20N2O7/c1-28-20(24)12-19(21(25)29-2)22-15-9-16(23(26)27)11-18(10-15)30-17-7-6-13-4-3-5-14(13)8-17/h6-12,22H,3-5H2,1-2H3/b19-12+. The third-order valence-corrected chi connectivity index (χ3v) is 4.56. The lowest BCUT2D eigenvalue weighted by Crippen LogP contribution is -2.15. The molecule has 0 atom stereocenters. The van der Waals surface area contributed by atoms with Gasteiger partial charge in [-0.3, -0.25) is 10.1 Å². The third kappa shape index (κ3) is 4.93. The highest BCUT2D eigenvalue weighted by atomic mass is 16.6. The molecule has 0 saturated heterocycles. The maximum absolute atomic E-state index is 11.9. The van der Waals surface area contributed by atoms with Gasteiger partial charge in [0.25, 0.3) is 5.69 Å². The molecule has 1 N–H and O–H groups in total. The predicted octanol–water partition coefficient (Wildman–Crippen LogP) is 3.52. The molecule has 9 nitrogen and oxygen atoms in total. The number of carbonyl (C=O) groups is 2. The number of nitrogens with one attached hydrogen (secondary N) is 1. The van der Waals surface area contributed by atoms with Crippen molar-refractivity contribution in [1.82, 2.24) is 0 Å². The lowest BCUT2D eigenvalue weighted by Gasteiger charge is -2.12. The second kappa shape index (κ2) is 9.08. The van der Waals surface area contributed by atoms with Crippen molar-refractivity contribution in [3.05, 3.63) is 69.4 Å². The van der Waals surface area contributed by atoms with Crippen LogP contribution in [0, 0.1) is 10.1 Å². The summed E-state index contributed by atoms with van der Waals surface area (Å²) in [4.78, 5) is 34.2. The number of carbonyl (C=O) groups excluding carboxylic acids is 2. The van der Waals surface area contributed by atoms with Gasteiger partial charge < -0.3 is 19.5 Å². The van der Waals surface area contributed by atoms with E-state index in [0.29, 0.717) is 5.75 Å². The van der Waals surface area contributed by atoms with Crippen molar-refractivity contribution >= 4 is 23.3 Å². The van der Waals surface area contributed by atoms with Crippen LogP contribution in [0.25, 0.3) is 0 Å². The average Bonchev–Trinajstić information content (AvgIpc) is 3.20. The number of nitro groups is 1. The first kappa shape index (κ1) is 20.8. The van der Waals surface area contributed by atoms with Gasteiger partial charge in [-0.25, -0.2) is 9.59 Å². The number of nitrogens with zero attached hydrogens (tertiary/aromatic N) is 1. The Morgan fingerprint density at radius 2 is 1.80 bits per heavy atom. The Bertz CT molecular complexity index is 1030. The topological polar surface area (TPSA) is 117 Å². The molecule has 0 unspecified atom stereocenters. The van der Waals surface area contributed by atoms with Crippen LogP contribution < -0.4 is 10.1 Å². The molecular weight excluding hydrogens is 392 g/mol. The first-order valence-electron chi connectivity index (χ1n) is 9.13. The van der Waals surface area contributed by atoms with E-state index < -0.39 is 16.9 Å². The molecule has 0 radical (unpaired) electrons. The summed E-state index contributed by atoms with van der Waals surface area (Å²) in [7, 11) is 2.30. The number of esters is 2. The van der Waals surface area contributed by atoms with Crippen LogP contribution in [-0.2, 0) is 31.9 Å². The molecule has 30 heavy (non-hydrogen) atoms. The Morgan fingerprint density at radius 3 is 2.50 bits per heavy atom. The Kier molecular flexibility index (Phi) is 6.31. The predicted molar refractivity (Wildman–Crippen MR) is 107 cm³/mol. The van der Waals surface area contributed by atoms with E-state index in [1.807, 2.05) is 18.2 Å². The van der Waals surface area contributed by atoms with Gasteiger partial charge in [0.1, 0.15) is 17.2 Å². The van der Waals surface area contributed by atoms with Crippen LogP contribution in [0.2, 0.25) is 0 Å². The SMILES string of the molecule is COC(=O)/C=C(/Nc1cc(Oc2ccc3c(c2)CCC3)cc([N+](=O)[O-])c1)C(=O)OC. The molecule has 9 heteroatoms. The van der Waals surface area contributed by atoms with Gasteiger partial charge in [0.2, 0.25) is 0 Å². The van der Waals surface area contributed by atoms with E-state index in [4.69, 9.17) is 4.74 Å². The van der Waals surface area contributed by atoms with Crippen LogP contribution in [0.15, 0.2) is 48.2 Å². The number of rotatable bonds is 7. The number of fused-ring (bicyclic) bond motifs is 1. The summed E-state index contributed by atoms with van der Waals surface area (Å²) in [6, 6.07) is 9.69. The van der Waals surface area contributed by atoms with Gasteiger partial charge in [-0.2, -0.15) is 0 Å². The Balaban J connectivity index is 1.92. The maximum atomic E-state index is 11.9. The summed E-state index contributed by atoms with van der Waals surface area (Å²) < 4.78 is 15.0. The van der Waals surface area contributed by atoms with Crippen molar-refractivity contribution in [2.24, 2.45) is 0 Å². The van der Waals surface area contributed by atoms with Gasteiger partial charge >= 0.3 is 11.9 Å². The van der Waals surface area contributed by atoms with Gasteiger partial charge in [0, 0.05) is 17.8 Å². The number of hydrogen-bond acceptors (Lipinski definition) is 8. The molecule has 156 valence electrons. The lowest BCUT2D eigenvalue weighted by atomic mass is 10.1. The molecular formula is C21H20N2O7. The summed E-state index contributed by atoms with van der Waals surface area (Å²) >= 11 is 0. The minimum absolute atomic E-state index is 0.168. The van der Waals surface area contributed by atoms with E-state index in [9.17, 15) is 19.7 Å². The first-order chi connectivity index (χ1) is 14.4.